The Morgan fingerprint density at radius 1 is 1.41 bits per heavy atom. The zero-order chi connectivity index (χ0) is 16.0. The molecular formula is C14H19N3O4S. The second kappa shape index (κ2) is 5.12. The Balaban J connectivity index is 1.98. The smallest absolute Gasteiger partial charge is 0.407 e. The number of carbonyl (C=O) groups is 1. The molecule has 1 N–H and O–H groups in total. The van der Waals surface area contributed by atoms with Gasteiger partial charge in [-0.25, -0.2) is 22.5 Å². The molecule has 2 fully saturated rings. The van der Waals surface area contributed by atoms with Gasteiger partial charge in [-0.2, -0.15) is 0 Å². The predicted octanol–water partition coefficient (Wildman–Crippen LogP) is 1.52. The summed E-state index contributed by atoms with van der Waals surface area (Å²) in [5.74, 6) is 0.514. The summed E-state index contributed by atoms with van der Waals surface area (Å²) in [6.45, 7) is 2.17. The van der Waals surface area contributed by atoms with Crippen molar-refractivity contribution >= 4 is 21.9 Å². The summed E-state index contributed by atoms with van der Waals surface area (Å²) in [6.07, 6.45) is 2.14. The van der Waals surface area contributed by atoms with Gasteiger partial charge in [0.1, 0.15) is 5.82 Å². The van der Waals surface area contributed by atoms with Gasteiger partial charge < -0.3 is 10.0 Å². The molecule has 0 unspecified atom stereocenters. The molecule has 1 aromatic rings. The van der Waals surface area contributed by atoms with Crippen molar-refractivity contribution < 1.29 is 18.3 Å². The van der Waals surface area contributed by atoms with Crippen molar-refractivity contribution in [1.29, 1.82) is 0 Å². The van der Waals surface area contributed by atoms with E-state index >= 15 is 0 Å². The summed E-state index contributed by atoms with van der Waals surface area (Å²) < 4.78 is 26.5. The monoisotopic (exact) mass is 325 g/mol. The van der Waals surface area contributed by atoms with E-state index in [1.807, 2.05) is 6.92 Å². The van der Waals surface area contributed by atoms with Gasteiger partial charge in [0.25, 0.3) is 0 Å². The Morgan fingerprint density at radius 3 is 2.77 bits per heavy atom. The second-order valence-electron chi connectivity index (χ2n) is 6.02. The summed E-state index contributed by atoms with van der Waals surface area (Å²) in [5.41, 5.74) is -0.557. The number of hydrogen-bond donors (Lipinski definition) is 1. The molecular weight excluding hydrogens is 306 g/mol. The van der Waals surface area contributed by atoms with Crippen LogP contribution in [0.3, 0.4) is 0 Å². The van der Waals surface area contributed by atoms with Crippen LogP contribution in [0.1, 0.15) is 26.2 Å². The molecule has 7 nitrogen and oxygen atoms in total. The van der Waals surface area contributed by atoms with E-state index in [4.69, 9.17) is 0 Å². The Kier molecular flexibility index (Phi) is 3.51. The molecule has 1 spiro atoms. The van der Waals surface area contributed by atoms with Gasteiger partial charge in [0.05, 0.1) is 11.3 Å². The molecule has 3 heterocycles. The van der Waals surface area contributed by atoms with Crippen LogP contribution < -0.4 is 4.31 Å². The summed E-state index contributed by atoms with van der Waals surface area (Å²) in [6, 6.07) is 4.98. The molecule has 0 aliphatic carbocycles. The molecule has 3 rings (SSSR count). The molecule has 8 heteroatoms. The largest absolute Gasteiger partial charge is 0.465 e. The third kappa shape index (κ3) is 2.31. The molecule has 0 aromatic carbocycles. The van der Waals surface area contributed by atoms with Gasteiger partial charge in [-0.3, -0.25) is 0 Å². The third-order valence-electron chi connectivity index (χ3n) is 4.66. The molecule has 1 aromatic heterocycles. The van der Waals surface area contributed by atoms with Crippen molar-refractivity contribution in [2.24, 2.45) is 0 Å². The first-order valence-corrected chi connectivity index (χ1v) is 8.90. The van der Waals surface area contributed by atoms with E-state index in [1.54, 1.807) is 24.4 Å². The lowest BCUT2D eigenvalue weighted by Crippen LogP contribution is -2.57. The molecule has 0 saturated carbocycles. The maximum absolute atomic E-state index is 12.5. The number of hydrogen-bond acceptors (Lipinski definition) is 4. The van der Waals surface area contributed by atoms with Gasteiger partial charge in [-0.15, -0.1) is 0 Å². The molecule has 22 heavy (non-hydrogen) atoms. The van der Waals surface area contributed by atoms with Gasteiger partial charge in [-0.05, 0) is 38.3 Å². The van der Waals surface area contributed by atoms with Gasteiger partial charge >= 0.3 is 6.09 Å². The minimum atomic E-state index is -3.40. The van der Waals surface area contributed by atoms with Gasteiger partial charge in [0.15, 0.2) is 0 Å². The molecule has 2 saturated heterocycles. The summed E-state index contributed by atoms with van der Waals surface area (Å²) >= 11 is 0. The third-order valence-corrected chi connectivity index (χ3v) is 6.51. The Bertz CT molecular complexity index is 679. The lowest BCUT2D eigenvalue weighted by molar-refractivity contribution is 0.0893. The number of rotatable bonds is 1. The Morgan fingerprint density at radius 2 is 2.18 bits per heavy atom. The van der Waals surface area contributed by atoms with E-state index in [0.29, 0.717) is 31.6 Å². The van der Waals surface area contributed by atoms with E-state index in [0.717, 1.165) is 0 Å². The van der Waals surface area contributed by atoms with Crippen LogP contribution in [0.2, 0.25) is 0 Å². The maximum atomic E-state index is 12.5. The van der Waals surface area contributed by atoms with Gasteiger partial charge in [-0.1, -0.05) is 6.07 Å². The van der Waals surface area contributed by atoms with Crippen molar-refractivity contribution in [3.8, 4) is 0 Å². The normalized spacial score (nSPS) is 30.7. The average Bonchev–Trinajstić information content (AvgIpc) is 2.70. The van der Waals surface area contributed by atoms with E-state index in [2.05, 4.69) is 4.98 Å². The molecule has 2 aliphatic rings. The first kappa shape index (κ1) is 15.1. The van der Waals surface area contributed by atoms with Crippen molar-refractivity contribution in [2.45, 2.75) is 37.8 Å². The van der Waals surface area contributed by atoms with E-state index in [9.17, 15) is 18.3 Å². The van der Waals surface area contributed by atoms with Crippen molar-refractivity contribution in [2.75, 3.05) is 16.6 Å². The van der Waals surface area contributed by atoms with Crippen LogP contribution >= 0.6 is 0 Å². The first-order chi connectivity index (χ1) is 10.4. The standard InChI is InChI=1S/C14H19N3O4S/c1-11-10-14(5-8-16(11)13(18)19)6-9-22(20,21)17(14)12-4-2-3-7-15-12/h2-4,7,11H,5-6,8-10H2,1H3,(H,18,19)/t11-,14-/m0/s1. The minimum Gasteiger partial charge on any atom is -0.465 e. The van der Waals surface area contributed by atoms with Crippen LogP contribution in [-0.2, 0) is 10.0 Å². The summed E-state index contributed by atoms with van der Waals surface area (Å²) in [4.78, 5) is 16.8. The van der Waals surface area contributed by atoms with Crippen molar-refractivity contribution in [3.05, 3.63) is 24.4 Å². The Hall–Kier alpha value is -1.83. The molecule has 0 bridgehead atoms. The first-order valence-electron chi connectivity index (χ1n) is 7.29. The highest BCUT2D eigenvalue weighted by Gasteiger charge is 2.53. The maximum Gasteiger partial charge on any atom is 0.407 e. The molecule has 2 aliphatic heterocycles. The van der Waals surface area contributed by atoms with Gasteiger partial charge in [0.2, 0.25) is 10.0 Å². The Labute approximate surface area is 129 Å². The number of anilines is 1. The van der Waals surface area contributed by atoms with Crippen LogP contribution in [0.15, 0.2) is 24.4 Å². The van der Waals surface area contributed by atoms with Crippen molar-refractivity contribution in [1.82, 2.24) is 9.88 Å². The van der Waals surface area contributed by atoms with Crippen LogP contribution in [-0.4, -0.2) is 53.4 Å². The molecule has 120 valence electrons. The molecule has 2 atom stereocenters. The highest BCUT2D eigenvalue weighted by atomic mass is 32.2. The average molecular weight is 325 g/mol. The highest BCUT2D eigenvalue weighted by Crippen LogP contribution is 2.44. The molecule has 1 amide bonds. The predicted molar refractivity (Wildman–Crippen MR) is 81.3 cm³/mol. The number of likely N-dealkylation sites (tertiary alicyclic amines) is 1. The van der Waals surface area contributed by atoms with E-state index < -0.39 is 21.7 Å². The SMILES string of the molecule is C[C@H]1C[C@]2(CCN1C(=O)O)CCS(=O)(=O)N2c1ccccn1. The highest BCUT2D eigenvalue weighted by molar-refractivity contribution is 7.93. The number of pyridine rings is 1. The fraction of sp³-hybridized carbons (Fsp3) is 0.571. The number of sulfonamides is 1. The van der Waals surface area contributed by atoms with Crippen LogP contribution in [0, 0.1) is 0 Å². The second-order valence-corrected chi connectivity index (χ2v) is 7.96. The number of carboxylic acid groups (broad SMARTS) is 1. The topological polar surface area (TPSA) is 90.8 Å². The summed E-state index contributed by atoms with van der Waals surface area (Å²) in [7, 11) is -3.40. The van der Waals surface area contributed by atoms with Crippen LogP contribution in [0.4, 0.5) is 10.6 Å². The minimum absolute atomic E-state index is 0.0867. The fourth-order valence-electron chi connectivity index (χ4n) is 3.67. The lowest BCUT2D eigenvalue weighted by atomic mass is 9.81. The number of amides is 1. The van der Waals surface area contributed by atoms with Gasteiger partial charge in [0, 0.05) is 18.8 Å². The van der Waals surface area contributed by atoms with Crippen LogP contribution in [0.25, 0.3) is 0 Å². The fourth-order valence-corrected chi connectivity index (χ4v) is 5.73. The quantitative estimate of drug-likeness (QED) is 0.845. The van der Waals surface area contributed by atoms with Crippen molar-refractivity contribution in [3.63, 3.8) is 0 Å². The number of piperidine rings is 1. The number of nitrogens with zero attached hydrogens (tertiary/aromatic N) is 3. The van der Waals surface area contributed by atoms with Crippen LogP contribution in [0.5, 0.6) is 0 Å². The number of aromatic nitrogens is 1. The van der Waals surface area contributed by atoms with E-state index in [1.165, 1.54) is 9.21 Å². The summed E-state index contributed by atoms with van der Waals surface area (Å²) in [5, 5.41) is 9.21. The zero-order valence-corrected chi connectivity index (χ0v) is 13.2. The zero-order valence-electron chi connectivity index (χ0n) is 12.3. The molecule has 0 radical (unpaired) electrons. The van der Waals surface area contributed by atoms with E-state index in [-0.39, 0.29) is 11.8 Å². The lowest BCUT2D eigenvalue weighted by Gasteiger charge is -2.46.